The number of aryl methyl sites for hydroxylation is 6. The van der Waals surface area contributed by atoms with Crippen molar-refractivity contribution >= 4 is 11.1 Å². The summed E-state index contributed by atoms with van der Waals surface area (Å²) in [6.07, 6.45) is 78.3. The zero-order valence-electron chi connectivity index (χ0n) is 60.4. The van der Waals surface area contributed by atoms with Crippen molar-refractivity contribution in [3.05, 3.63) is 365 Å². The quantitative estimate of drug-likeness (QED) is 0.0630. The molecular formula is C100H108. The first kappa shape index (κ1) is 67.5. The molecule has 17 rings (SSSR count). The smallest absolute Gasteiger partial charge is 0.0281 e. The molecule has 6 aromatic rings. The summed E-state index contributed by atoms with van der Waals surface area (Å²) >= 11 is 0. The van der Waals surface area contributed by atoms with Gasteiger partial charge in [0.2, 0.25) is 0 Å². The first-order valence-electron chi connectivity index (χ1n) is 39.7. The highest BCUT2D eigenvalue weighted by Gasteiger charge is 2.31. The molecule has 508 valence electrons. The lowest BCUT2D eigenvalue weighted by atomic mass is 9.77. The van der Waals surface area contributed by atoms with Crippen molar-refractivity contribution in [2.24, 2.45) is 35.5 Å². The van der Waals surface area contributed by atoms with Gasteiger partial charge in [0.15, 0.2) is 0 Å². The molecular weight excluding hydrogens is 1200 g/mol. The molecule has 0 spiro atoms. The molecule has 0 heteroatoms. The fourth-order valence-corrected chi connectivity index (χ4v) is 18.7. The topological polar surface area (TPSA) is 0 Å². The number of rotatable bonds is 21. The highest BCUT2D eigenvalue weighted by molar-refractivity contribution is 5.80. The molecule has 11 aliphatic rings. The highest BCUT2D eigenvalue weighted by atomic mass is 14.4. The van der Waals surface area contributed by atoms with Gasteiger partial charge in [-0.15, -0.1) is 0 Å². The molecule has 2 saturated carbocycles. The van der Waals surface area contributed by atoms with Crippen LogP contribution in [0.25, 0.3) is 11.1 Å². The molecule has 0 bridgehead atoms. The van der Waals surface area contributed by atoms with E-state index in [4.69, 9.17) is 0 Å². The van der Waals surface area contributed by atoms with E-state index in [-0.39, 0.29) is 0 Å². The Morgan fingerprint density at radius 2 is 0.840 bits per heavy atom. The van der Waals surface area contributed by atoms with Crippen molar-refractivity contribution < 1.29 is 0 Å². The molecule has 100 heavy (non-hydrogen) atoms. The van der Waals surface area contributed by atoms with Crippen LogP contribution in [0.3, 0.4) is 0 Å². The van der Waals surface area contributed by atoms with Gasteiger partial charge in [-0.05, 0) is 287 Å². The Labute approximate surface area is 601 Å². The summed E-state index contributed by atoms with van der Waals surface area (Å²) in [7, 11) is 0. The van der Waals surface area contributed by atoms with E-state index in [1.54, 1.807) is 27.8 Å². The second-order valence-corrected chi connectivity index (χ2v) is 31.4. The third-order valence-corrected chi connectivity index (χ3v) is 24.5. The average Bonchev–Trinajstić information content (AvgIpc) is 1.54. The van der Waals surface area contributed by atoms with Crippen LogP contribution in [0.4, 0.5) is 0 Å². The zero-order valence-corrected chi connectivity index (χ0v) is 60.4. The van der Waals surface area contributed by atoms with Crippen LogP contribution >= 0.6 is 0 Å². The molecule has 3 atom stereocenters. The summed E-state index contributed by atoms with van der Waals surface area (Å²) in [5.41, 5.74) is 35.6. The number of benzene rings is 6. The third kappa shape index (κ3) is 16.4. The van der Waals surface area contributed by atoms with Gasteiger partial charge >= 0.3 is 0 Å². The van der Waals surface area contributed by atoms with Crippen molar-refractivity contribution in [3.8, 4) is 0 Å². The van der Waals surface area contributed by atoms with E-state index in [0.29, 0.717) is 17.8 Å². The fourth-order valence-electron chi connectivity index (χ4n) is 18.7. The minimum atomic E-state index is 0.414. The molecule has 0 heterocycles. The van der Waals surface area contributed by atoms with Crippen molar-refractivity contribution in [3.63, 3.8) is 0 Å². The largest absolute Gasteiger partial charge is 0.0836 e. The van der Waals surface area contributed by atoms with Crippen molar-refractivity contribution in [2.75, 3.05) is 0 Å². The SMILES string of the molecule is C1=CC2C(C3=CCCC=C3)=CC=C(Cc3ccc(CC4CCC(Cc5ccccc5)CC4)cc3)C2=C1.CCCCCCCc1ccc(CC2=CC=C(c3ccc4c(c3)CCC4)C3C=CC=C23)cc1.Cc1cc(CC2=CC=C(c3ccc4c(c3)CCC4)C3C=CC=C23)ccc1CC1CCCC1. The average molecular weight is 1310 g/mol. The zero-order chi connectivity index (χ0) is 67.4. The summed E-state index contributed by atoms with van der Waals surface area (Å²) in [5, 5.41) is 0. The Balaban J connectivity index is 0.000000122. The standard InChI is InChI=1S/C36H38.C32H34.C32H36/c1-3-8-27(9-4-1)24-28-14-16-29(17-15-28)25-30-18-20-31(21-19-30)26-33-22-23-35(32-10-5-2-6-11-32)36-13-7-12-34(33)36;1-22-18-24(12-13-26(22)19-23-6-2-3-7-23)20-28-16-17-31(32-11-5-10-30(28)32)29-15-14-25-8-4-9-27(25)21-29;1-2-3-4-5-6-9-24-14-16-25(17-15-24)22-28-20-21-31(32-13-8-12-30(28)32)29-19-18-26-10-7-11-27(26)23-29/h1,3-5,7-13,18-23,28-29,36H,2,6,14-17,24-26H2;5,10-18,21,23,32H,2-4,6-9,19-20H2,1H3;8,12-21,23,32H,2-7,9-11,22H2,1H3. The summed E-state index contributed by atoms with van der Waals surface area (Å²) in [5.74, 6) is 3.90. The number of unbranched alkanes of at least 4 members (excludes halogenated alkanes) is 4. The minimum Gasteiger partial charge on any atom is -0.0836 e. The predicted octanol–water partition coefficient (Wildman–Crippen LogP) is 25.3. The Kier molecular flexibility index (Phi) is 22.0. The van der Waals surface area contributed by atoms with Gasteiger partial charge in [-0.3, -0.25) is 0 Å². The van der Waals surface area contributed by atoms with Crippen LogP contribution in [0.15, 0.2) is 287 Å². The van der Waals surface area contributed by atoms with Crippen LogP contribution in [0, 0.1) is 42.4 Å². The Hall–Kier alpha value is -8.32. The molecule has 3 unspecified atom stereocenters. The minimum absolute atomic E-state index is 0.414. The van der Waals surface area contributed by atoms with Crippen molar-refractivity contribution in [2.45, 2.75) is 194 Å². The second-order valence-electron chi connectivity index (χ2n) is 31.4. The number of fused-ring (bicyclic) bond motifs is 5. The first-order chi connectivity index (χ1) is 49.4. The van der Waals surface area contributed by atoms with E-state index < -0.39 is 0 Å². The van der Waals surface area contributed by atoms with Crippen LogP contribution in [-0.2, 0) is 70.6 Å². The molecule has 0 N–H and O–H groups in total. The predicted molar refractivity (Wildman–Crippen MR) is 426 cm³/mol. The normalized spacial score (nSPS) is 22.0. The lowest BCUT2D eigenvalue weighted by Crippen LogP contribution is -2.18. The second kappa shape index (κ2) is 32.6. The number of hydrogen-bond donors (Lipinski definition) is 0. The monoisotopic (exact) mass is 1310 g/mol. The molecule has 0 aliphatic heterocycles. The van der Waals surface area contributed by atoms with Crippen LogP contribution in [0.1, 0.15) is 194 Å². The van der Waals surface area contributed by atoms with Gasteiger partial charge in [-0.1, -0.05) is 301 Å². The summed E-state index contributed by atoms with van der Waals surface area (Å²) < 4.78 is 0. The van der Waals surface area contributed by atoms with Gasteiger partial charge in [0, 0.05) is 17.8 Å². The molecule has 11 aliphatic carbocycles. The van der Waals surface area contributed by atoms with Gasteiger partial charge in [0.05, 0.1) is 0 Å². The van der Waals surface area contributed by atoms with Crippen LogP contribution in [0.2, 0.25) is 0 Å². The van der Waals surface area contributed by atoms with E-state index in [1.165, 1.54) is 260 Å². The molecule has 0 nitrogen and oxygen atoms in total. The summed E-state index contributed by atoms with van der Waals surface area (Å²) in [6.45, 7) is 4.60. The van der Waals surface area contributed by atoms with Crippen LogP contribution in [0.5, 0.6) is 0 Å². The van der Waals surface area contributed by atoms with Gasteiger partial charge in [0.25, 0.3) is 0 Å². The highest BCUT2D eigenvalue weighted by Crippen LogP contribution is 2.46. The van der Waals surface area contributed by atoms with Gasteiger partial charge < -0.3 is 0 Å². The van der Waals surface area contributed by atoms with E-state index in [0.717, 1.165) is 43.4 Å². The van der Waals surface area contributed by atoms with Crippen LogP contribution in [-0.4, -0.2) is 0 Å². The van der Waals surface area contributed by atoms with Crippen molar-refractivity contribution in [1.82, 2.24) is 0 Å². The molecule has 0 radical (unpaired) electrons. The molecule has 2 fully saturated rings. The molecule has 0 saturated heterocycles. The van der Waals surface area contributed by atoms with E-state index in [1.807, 2.05) is 0 Å². The summed E-state index contributed by atoms with van der Waals surface area (Å²) in [4.78, 5) is 0. The molecule has 0 amide bonds. The van der Waals surface area contributed by atoms with Crippen LogP contribution < -0.4 is 0 Å². The maximum absolute atomic E-state index is 2.46. The van der Waals surface area contributed by atoms with E-state index >= 15 is 0 Å². The van der Waals surface area contributed by atoms with E-state index in [9.17, 15) is 0 Å². The summed E-state index contributed by atoms with van der Waals surface area (Å²) in [6, 6.07) is 51.6. The van der Waals surface area contributed by atoms with Gasteiger partial charge in [-0.2, -0.15) is 0 Å². The Bertz CT molecular complexity index is 4360. The Morgan fingerprint density at radius 1 is 0.360 bits per heavy atom. The first-order valence-corrected chi connectivity index (χ1v) is 39.7. The lowest BCUT2D eigenvalue weighted by Gasteiger charge is -2.29. The van der Waals surface area contributed by atoms with E-state index in [2.05, 4.69) is 257 Å². The molecule has 0 aromatic heterocycles. The maximum Gasteiger partial charge on any atom is 0.0281 e. The van der Waals surface area contributed by atoms with Crippen molar-refractivity contribution in [1.29, 1.82) is 0 Å². The lowest BCUT2D eigenvalue weighted by molar-refractivity contribution is 0.272. The fraction of sp³-hybridized carbons (Fsp3) is 0.360. The maximum atomic E-state index is 2.46. The van der Waals surface area contributed by atoms with Gasteiger partial charge in [-0.25, -0.2) is 0 Å². The number of hydrogen-bond acceptors (Lipinski definition) is 0. The van der Waals surface area contributed by atoms with Gasteiger partial charge in [0.1, 0.15) is 0 Å². The number of allylic oxidation sites excluding steroid dienone is 28. The third-order valence-electron chi connectivity index (χ3n) is 24.5. The molecule has 6 aromatic carbocycles. The Morgan fingerprint density at radius 3 is 1.38 bits per heavy atom.